The fraction of sp³-hybridized carbons (Fsp3) is 0.941. The van der Waals surface area contributed by atoms with Gasteiger partial charge in [0.2, 0.25) is 6.29 Å². The number of carbonyl (C=O) groups is 1. The fourth-order valence-corrected chi connectivity index (χ4v) is 5.18. The average Bonchev–Trinajstić information content (AvgIpc) is 2.54. The Balaban J connectivity index is 4.08. The zero-order valence-corrected chi connectivity index (χ0v) is 18.5. The van der Waals surface area contributed by atoms with Crippen LogP contribution in [-0.4, -0.2) is 60.2 Å². The standard InChI is InChI=1S/C17H37NO8Si/c1-7-21-27(22-8-2,23-9-3)13-11-10-12-20-14(4)24-15(5)25-16(6)26-17(18)19/h14-16H,7-13H2,1-6H3,(H2,18,19). The van der Waals surface area contributed by atoms with Crippen molar-refractivity contribution in [3.63, 3.8) is 0 Å². The number of carbonyl (C=O) groups excluding carboxylic acids is 1. The summed E-state index contributed by atoms with van der Waals surface area (Å²) < 4.78 is 38.6. The number of hydrogen-bond donors (Lipinski definition) is 1. The van der Waals surface area contributed by atoms with Crippen LogP contribution in [0.5, 0.6) is 0 Å². The van der Waals surface area contributed by atoms with E-state index in [1.165, 1.54) is 0 Å². The van der Waals surface area contributed by atoms with Gasteiger partial charge in [0.15, 0.2) is 12.6 Å². The monoisotopic (exact) mass is 411 g/mol. The molecular weight excluding hydrogens is 374 g/mol. The van der Waals surface area contributed by atoms with Crippen LogP contribution in [0.2, 0.25) is 6.04 Å². The maximum Gasteiger partial charge on any atom is 0.500 e. The molecule has 0 aromatic carbocycles. The molecule has 0 aliphatic rings. The Labute approximate surface area is 164 Å². The van der Waals surface area contributed by atoms with Crippen molar-refractivity contribution >= 4 is 14.9 Å². The molecule has 2 N–H and O–H groups in total. The van der Waals surface area contributed by atoms with E-state index < -0.39 is 33.8 Å². The lowest BCUT2D eigenvalue weighted by atomic mass is 10.4. The van der Waals surface area contributed by atoms with Crippen LogP contribution < -0.4 is 5.73 Å². The summed E-state index contributed by atoms with van der Waals surface area (Å²) in [5.41, 5.74) is 4.92. The SMILES string of the molecule is CCO[Si](CCCCOC(C)OC(C)OC(C)OC(N)=O)(OCC)OCC. The Kier molecular flexibility index (Phi) is 14.8. The Morgan fingerprint density at radius 2 is 1.37 bits per heavy atom. The smallest absolute Gasteiger partial charge is 0.420 e. The molecule has 0 heterocycles. The van der Waals surface area contributed by atoms with Crippen LogP contribution in [0.15, 0.2) is 0 Å². The van der Waals surface area contributed by atoms with Gasteiger partial charge in [-0.25, -0.2) is 4.79 Å². The molecule has 0 fully saturated rings. The van der Waals surface area contributed by atoms with Gasteiger partial charge in [-0.3, -0.25) is 0 Å². The highest BCUT2D eigenvalue weighted by Crippen LogP contribution is 2.19. The van der Waals surface area contributed by atoms with Gasteiger partial charge in [0, 0.05) is 32.5 Å². The van der Waals surface area contributed by atoms with Gasteiger partial charge >= 0.3 is 14.9 Å². The molecule has 9 nitrogen and oxygen atoms in total. The van der Waals surface area contributed by atoms with Crippen LogP contribution in [-0.2, 0) is 32.2 Å². The highest BCUT2D eigenvalue weighted by Gasteiger charge is 2.39. The van der Waals surface area contributed by atoms with Crippen LogP contribution in [0, 0.1) is 0 Å². The van der Waals surface area contributed by atoms with Crippen LogP contribution >= 0.6 is 0 Å². The fourth-order valence-electron chi connectivity index (χ4n) is 2.50. The molecule has 0 saturated heterocycles. The number of amides is 1. The van der Waals surface area contributed by atoms with Crippen molar-refractivity contribution in [1.29, 1.82) is 0 Å². The highest BCUT2D eigenvalue weighted by molar-refractivity contribution is 6.60. The Morgan fingerprint density at radius 1 is 0.852 bits per heavy atom. The van der Waals surface area contributed by atoms with Crippen LogP contribution in [0.1, 0.15) is 54.4 Å². The van der Waals surface area contributed by atoms with E-state index >= 15 is 0 Å². The molecule has 162 valence electrons. The maximum atomic E-state index is 10.6. The van der Waals surface area contributed by atoms with Gasteiger partial charge in [-0.15, -0.1) is 0 Å². The van der Waals surface area contributed by atoms with Crippen LogP contribution in [0.25, 0.3) is 0 Å². The molecule has 1 amide bonds. The van der Waals surface area contributed by atoms with E-state index in [1.54, 1.807) is 20.8 Å². The van der Waals surface area contributed by atoms with Crippen molar-refractivity contribution in [3.8, 4) is 0 Å². The molecule has 0 aromatic rings. The highest BCUT2D eigenvalue weighted by atomic mass is 28.4. The molecule has 3 unspecified atom stereocenters. The molecule has 0 saturated carbocycles. The third-order valence-corrected chi connectivity index (χ3v) is 6.52. The Hall–Kier alpha value is -0.753. The first-order valence-electron chi connectivity index (χ1n) is 9.59. The van der Waals surface area contributed by atoms with Gasteiger partial charge in [-0.2, -0.15) is 0 Å². The largest absolute Gasteiger partial charge is 0.500 e. The van der Waals surface area contributed by atoms with Gasteiger partial charge in [0.05, 0.1) is 0 Å². The summed E-state index contributed by atoms with van der Waals surface area (Å²) in [6.45, 7) is 13.1. The zero-order valence-electron chi connectivity index (χ0n) is 17.5. The number of ether oxygens (including phenoxy) is 4. The van der Waals surface area contributed by atoms with Crippen molar-refractivity contribution in [3.05, 3.63) is 0 Å². The first-order chi connectivity index (χ1) is 12.8. The quantitative estimate of drug-likeness (QED) is 0.221. The lowest BCUT2D eigenvalue weighted by molar-refractivity contribution is -0.269. The third kappa shape index (κ3) is 13.1. The predicted molar refractivity (Wildman–Crippen MR) is 102 cm³/mol. The van der Waals surface area contributed by atoms with Gasteiger partial charge in [0.25, 0.3) is 0 Å². The van der Waals surface area contributed by atoms with E-state index in [4.69, 9.17) is 33.2 Å². The first-order valence-corrected chi connectivity index (χ1v) is 11.5. The van der Waals surface area contributed by atoms with Gasteiger partial charge in [-0.1, -0.05) is 0 Å². The van der Waals surface area contributed by atoms with E-state index in [-0.39, 0.29) is 0 Å². The second-order valence-corrected chi connectivity index (χ2v) is 8.45. The maximum absolute atomic E-state index is 10.6. The number of unbranched alkanes of at least 4 members (excludes halogenated alkanes) is 1. The van der Waals surface area contributed by atoms with Crippen molar-refractivity contribution < 1.29 is 37.0 Å². The van der Waals surface area contributed by atoms with Crippen molar-refractivity contribution in [2.45, 2.75) is 79.3 Å². The molecule has 0 bridgehead atoms. The summed E-state index contributed by atoms with van der Waals surface area (Å²) in [4.78, 5) is 10.6. The predicted octanol–water partition coefficient (Wildman–Crippen LogP) is 3.00. The van der Waals surface area contributed by atoms with Gasteiger partial charge < -0.3 is 38.0 Å². The molecule has 0 radical (unpaired) electrons. The summed E-state index contributed by atoms with van der Waals surface area (Å²) in [6, 6.07) is 0.753. The molecule has 10 heteroatoms. The number of rotatable bonds is 17. The van der Waals surface area contributed by atoms with Gasteiger partial charge in [-0.05, 0) is 54.4 Å². The van der Waals surface area contributed by atoms with Crippen molar-refractivity contribution in [2.24, 2.45) is 5.73 Å². The van der Waals surface area contributed by atoms with E-state index in [0.29, 0.717) is 26.4 Å². The topological polar surface area (TPSA) is 108 Å². The normalized spacial score (nSPS) is 15.3. The zero-order chi connectivity index (χ0) is 20.7. The summed E-state index contributed by atoms with van der Waals surface area (Å²) in [7, 11) is -2.59. The first kappa shape index (κ1) is 26.2. The molecular formula is C17H37NO8Si. The van der Waals surface area contributed by atoms with E-state index in [9.17, 15) is 4.79 Å². The van der Waals surface area contributed by atoms with E-state index in [0.717, 1.165) is 18.9 Å². The van der Waals surface area contributed by atoms with E-state index in [1.807, 2.05) is 20.8 Å². The minimum absolute atomic E-state index is 0.464. The molecule has 0 aliphatic carbocycles. The molecule has 3 atom stereocenters. The summed E-state index contributed by atoms with van der Waals surface area (Å²) in [6.07, 6.45) is -1.07. The molecule has 0 spiro atoms. The summed E-state index contributed by atoms with van der Waals surface area (Å²) in [5.74, 6) is 0. The molecule has 27 heavy (non-hydrogen) atoms. The third-order valence-electron chi connectivity index (χ3n) is 3.37. The lowest BCUT2D eigenvalue weighted by Gasteiger charge is -2.28. The van der Waals surface area contributed by atoms with Gasteiger partial charge in [0.1, 0.15) is 0 Å². The Morgan fingerprint density at radius 3 is 1.85 bits per heavy atom. The molecule has 0 aliphatic heterocycles. The van der Waals surface area contributed by atoms with Crippen molar-refractivity contribution in [1.82, 2.24) is 0 Å². The molecule has 0 rings (SSSR count). The second-order valence-electron chi connectivity index (χ2n) is 5.72. The number of nitrogens with two attached hydrogens (primary N) is 1. The van der Waals surface area contributed by atoms with Crippen LogP contribution in [0.3, 0.4) is 0 Å². The minimum atomic E-state index is -2.59. The van der Waals surface area contributed by atoms with E-state index in [2.05, 4.69) is 4.74 Å². The average molecular weight is 412 g/mol. The van der Waals surface area contributed by atoms with Crippen molar-refractivity contribution in [2.75, 3.05) is 26.4 Å². The molecule has 0 aromatic heterocycles. The number of hydrogen-bond acceptors (Lipinski definition) is 8. The summed E-state index contributed by atoms with van der Waals surface area (Å²) >= 11 is 0. The lowest BCUT2D eigenvalue weighted by Crippen LogP contribution is -2.45. The van der Waals surface area contributed by atoms with Crippen LogP contribution in [0.4, 0.5) is 4.79 Å². The summed E-state index contributed by atoms with van der Waals surface area (Å²) in [5, 5.41) is 0. The minimum Gasteiger partial charge on any atom is -0.420 e. The Bertz CT molecular complexity index is 371. The second kappa shape index (κ2) is 15.2. The number of primary amides is 1.